The summed E-state index contributed by atoms with van der Waals surface area (Å²) in [6, 6.07) is 5.30. The average Bonchev–Trinajstić information content (AvgIpc) is 2.85. The van der Waals surface area contributed by atoms with Gasteiger partial charge in [0.05, 0.1) is 16.3 Å². The Morgan fingerprint density at radius 1 is 1.14 bits per heavy atom. The Hall–Kier alpha value is -1.40. The molecule has 0 unspecified atom stereocenters. The van der Waals surface area contributed by atoms with E-state index in [9.17, 15) is 13.2 Å². The van der Waals surface area contributed by atoms with E-state index in [1.165, 1.54) is 12.1 Å². The first kappa shape index (κ1) is 16.0. The molecule has 2 nitrogen and oxygen atoms in total. The van der Waals surface area contributed by atoms with Crippen molar-refractivity contribution in [1.82, 2.24) is 9.88 Å². The highest BCUT2D eigenvalue weighted by Gasteiger charge is 2.29. The second kappa shape index (κ2) is 6.58. The monoisotopic (exact) mass is 314 g/mol. The van der Waals surface area contributed by atoms with Gasteiger partial charge in [-0.1, -0.05) is 19.1 Å². The zero-order valence-electron chi connectivity index (χ0n) is 11.9. The van der Waals surface area contributed by atoms with Gasteiger partial charge in [-0.15, -0.1) is 11.3 Å². The maximum absolute atomic E-state index is 12.5. The lowest BCUT2D eigenvalue weighted by molar-refractivity contribution is -0.137. The van der Waals surface area contributed by atoms with Crippen LogP contribution in [0.2, 0.25) is 0 Å². The molecule has 1 aromatic carbocycles. The SMILES string of the molecule is CCc1nc(CN(C)Cc2ccc(C(F)(F)F)cc2)cs1. The molecule has 21 heavy (non-hydrogen) atoms. The third-order valence-corrected chi connectivity index (χ3v) is 4.11. The van der Waals surface area contributed by atoms with Crippen LogP contribution in [0.5, 0.6) is 0 Å². The third kappa shape index (κ3) is 4.54. The molecule has 6 heteroatoms. The lowest BCUT2D eigenvalue weighted by atomic mass is 10.1. The van der Waals surface area contributed by atoms with E-state index in [1.54, 1.807) is 11.3 Å². The molecule has 0 fully saturated rings. The smallest absolute Gasteiger partial charge is 0.296 e. The van der Waals surface area contributed by atoms with Crippen LogP contribution < -0.4 is 0 Å². The Labute approximate surface area is 126 Å². The van der Waals surface area contributed by atoms with Gasteiger partial charge in [0.2, 0.25) is 0 Å². The molecule has 2 rings (SSSR count). The van der Waals surface area contributed by atoms with E-state index in [4.69, 9.17) is 0 Å². The number of hydrogen-bond acceptors (Lipinski definition) is 3. The highest BCUT2D eigenvalue weighted by atomic mass is 32.1. The quantitative estimate of drug-likeness (QED) is 0.815. The molecule has 0 saturated heterocycles. The molecule has 1 aromatic heterocycles. The van der Waals surface area contributed by atoms with E-state index in [2.05, 4.69) is 11.9 Å². The molecule has 0 atom stereocenters. The predicted molar refractivity (Wildman–Crippen MR) is 78.1 cm³/mol. The maximum Gasteiger partial charge on any atom is 0.416 e. The average molecular weight is 314 g/mol. The minimum atomic E-state index is -4.28. The summed E-state index contributed by atoms with van der Waals surface area (Å²) in [4.78, 5) is 6.52. The number of halogens is 3. The van der Waals surface area contributed by atoms with E-state index in [0.29, 0.717) is 13.1 Å². The molecule has 0 aliphatic carbocycles. The number of thiazole rings is 1. The van der Waals surface area contributed by atoms with Gasteiger partial charge in [0, 0.05) is 18.5 Å². The molecule has 0 aliphatic heterocycles. The normalized spacial score (nSPS) is 12.1. The van der Waals surface area contributed by atoms with Gasteiger partial charge in [-0.25, -0.2) is 4.98 Å². The largest absolute Gasteiger partial charge is 0.416 e. The van der Waals surface area contributed by atoms with Crippen molar-refractivity contribution in [1.29, 1.82) is 0 Å². The lowest BCUT2D eigenvalue weighted by Gasteiger charge is -2.16. The Balaban J connectivity index is 1.94. The molecule has 0 radical (unpaired) electrons. The molecule has 0 saturated carbocycles. The van der Waals surface area contributed by atoms with E-state index in [-0.39, 0.29) is 0 Å². The first-order valence-corrected chi connectivity index (χ1v) is 7.54. The number of benzene rings is 1. The zero-order chi connectivity index (χ0) is 15.5. The fraction of sp³-hybridized carbons (Fsp3) is 0.400. The Morgan fingerprint density at radius 3 is 2.33 bits per heavy atom. The van der Waals surface area contributed by atoms with Gasteiger partial charge >= 0.3 is 6.18 Å². The Bertz CT molecular complexity index is 575. The molecule has 1 heterocycles. The van der Waals surface area contributed by atoms with Crippen molar-refractivity contribution < 1.29 is 13.2 Å². The molecular formula is C15H17F3N2S. The summed E-state index contributed by atoms with van der Waals surface area (Å²) < 4.78 is 37.5. The summed E-state index contributed by atoms with van der Waals surface area (Å²) in [5, 5.41) is 3.13. The van der Waals surface area contributed by atoms with E-state index < -0.39 is 11.7 Å². The second-order valence-electron chi connectivity index (χ2n) is 4.95. The molecule has 114 valence electrons. The van der Waals surface area contributed by atoms with Crippen LogP contribution in [0.15, 0.2) is 29.6 Å². The van der Waals surface area contributed by atoms with E-state index in [1.807, 2.05) is 17.3 Å². The number of alkyl halides is 3. The molecule has 2 aromatic rings. The van der Waals surface area contributed by atoms with Gasteiger partial charge in [-0.05, 0) is 31.2 Å². The highest BCUT2D eigenvalue weighted by molar-refractivity contribution is 7.09. The van der Waals surface area contributed by atoms with E-state index >= 15 is 0 Å². The maximum atomic E-state index is 12.5. The van der Waals surface area contributed by atoms with E-state index in [0.717, 1.165) is 34.8 Å². The van der Waals surface area contributed by atoms with Crippen molar-refractivity contribution in [2.24, 2.45) is 0 Å². The van der Waals surface area contributed by atoms with Crippen LogP contribution in [-0.4, -0.2) is 16.9 Å². The number of hydrogen-bond donors (Lipinski definition) is 0. The Morgan fingerprint density at radius 2 is 1.81 bits per heavy atom. The summed E-state index contributed by atoms with van der Waals surface area (Å²) in [5.74, 6) is 0. The van der Waals surface area contributed by atoms with Crippen LogP contribution in [0.3, 0.4) is 0 Å². The van der Waals surface area contributed by atoms with Gasteiger partial charge < -0.3 is 0 Å². The van der Waals surface area contributed by atoms with Crippen molar-refractivity contribution in [2.75, 3.05) is 7.05 Å². The first-order chi connectivity index (χ1) is 9.88. The van der Waals surface area contributed by atoms with Crippen molar-refractivity contribution in [3.05, 3.63) is 51.5 Å². The minimum Gasteiger partial charge on any atom is -0.296 e. The fourth-order valence-corrected chi connectivity index (χ4v) is 2.76. The van der Waals surface area contributed by atoms with Crippen molar-refractivity contribution >= 4 is 11.3 Å². The summed E-state index contributed by atoms with van der Waals surface area (Å²) in [6.07, 6.45) is -3.35. The summed E-state index contributed by atoms with van der Waals surface area (Å²) in [6.45, 7) is 3.35. The van der Waals surface area contributed by atoms with Crippen LogP contribution in [0, 0.1) is 0 Å². The van der Waals surface area contributed by atoms with Crippen LogP contribution in [-0.2, 0) is 25.7 Å². The number of aromatic nitrogens is 1. The molecule has 0 amide bonds. The topological polar surface area (TPSA) is 16.1 Å². The van der Waals surface area contributed by atoms with Crippen molar-refractivity contribution in [3.8, 4) is 0 Å². The first-order valence-electron chi connectivity index (χ1n) is 6.66. The summed E-state index contributed by atoms with van der Waals surface area (Å²) >= 11 is 1.64. The molecule has 0 aliphatic rings. The van der Waals surface area contributed by atoms with Gasteiger partial charge in [-0.3, -0.25) is 4.90 Å². The highest BCUT2D eigenvalue weighted by Crippen LogP contribution is 2.29. The molecule has 0 bridgehead atoms. The van der Waals surface area contributed by atoms with Crippen LogP contribution in [0.25, 0.3) is 0 Å². The van der Waals surface area contributed by atoms with Crippen molar-refractivity contribution in [3.63, 3.8) is 0 Å². The zero-order valence-corrected chi connectivity index (χ0v) is 12.8. The molecule has 0 spiro atoms. The van der Waals surface area contributed by atoms with Gasteiger partial charge in [0.1, 0.15) is 0 Å². The minimum absolute atomic E-state index is 0.594. The second-order valence-corrected chi connectivity index (χ2v) is 5.90. The number of aryl methyl sites for hydroxylation is 1. The molecule has 0 N–H and O–H groups in total. The van der Waals surface area contributed by atoms with Gasteiger partial charge in [0.15, 0.2) is 0 Å². The van der Waals surface area contributed by atoms with Crippen LogP contribution in [0.1, 0.15) is 28.8 Å². The lowest BCUT2D eigenvalue weighted by Crippen LogP contribution is -2.17. The third-order valence-electron chi connectivity index (χ3n) is 3.07. The van der Waals surface area contributed by atoms with Crippen LogP contribution >= 0.6 is 11.3 Å². The van der Waals surface area contributed by atoms with Gasteiger partial charge in [0.25, 0.3) is 0 Å². The summed E-state index contributed by atoms with van der Waals surface area (Å²) in [5.41, 5.74) is 1.25. The Kier molecular flexibility index (Phi) is 5.00. The standard InChI is InChI=1S/C15H17F3N2S/c1-3-14-19-13(10-21-14)9-20(2)8-11-4-6-12(7-5-11)15(16,17)18/h4-7,10H,3,8-9H2,1-2H3. The van der Waals surface area contributed by atoms with Gasteiger partial charge in [-0.2, -0.15) is 13.2 Å². The number of nitrogens with zero attached hydrogens (tertiary/aromatic N) is 2. The number of rotatable bonds is 5. The van der Waals surface area contributed by atoms with Crippen molar-refractivity contribution in [2.45, 2.75) is 32.6 Å². The summed E-state index contributed by atoms with van der Waals surface area (Å²) in [7, 11) is 1.93. The molecular weight excluding hydrogens is 297 g/mol. The predicted octanol–water partition coefficient (Wildman–Crippen LogP) is 4.36. The van der Waals surface area contributed by atoms with Crippen LogP contribution in [0.4, 0.5) is 13.2 Å². The fourth-order valence-electron chi connectivity index (χ4n) is 2.03.